The zero-order valence-electron chi connectivity index (χ0n) is 5.61. The van der Waals surface area contributed by atoms with E-state index >= 15 is 0 Å². The second kappa shape index (κ2) is 1.88. The Hall–Kier alpha value is -1.71. The number of phenols is 1. The second-order valence-electron chi connectivity index (χ2n) is 2.22. The third-order valence-electron chi connectivity index (χ3n) is 1.52. The highest BCUT2D eigenvalue weighted by Crippen LogP contribution is 2.26. The van der Waals surface area contributed by atoms with Crippen LogP contribution in [-0.4, -0.2) is 10.3 Å². The molecule has 0 spiro atoms. The number of fused-ring (bicyclic) bond motifs is 1. The van der Waals surface area contributed by atoms with E-state index in [-0.39, 0.29) is 11.6 Å². The van der Waals surface area contributed by atoms with Gasteiger partial charge >= 0.3 is 0 Å². The fraction of sp³-hybridized carbons (Fsp3) is 0. The number of anilines is 1. The maximum Gasteiger partial charge on any atom is 0.230 e. The molecule has 4 nitrogen and oxygen atoms in total. The molecule has 0 unspecified atom stereocenters. The van der Waals surface area contributed by atoms with E-state index in [0.717, 1.165) is 0 Å². The van der Waals surface area contributed by atoms with E-state index in [1.165, 1.54) is 6.07 Å². The highest BCUT2D eigenvalue weighted by molar-refractivity contribution is 5.91. The Labute approximate surface area is 62.2 Å². The monoisotopic (exact) mass is 150 g/mol. The number of nitrogen functional groups attached to an aromatic ring is 1. The van der Waals surface area contributed by atoms with Gasteiger partial charge in [0.05, 0.1) is 5.39 Å². The predicted octanol–water partition coefficient (Wildman–Crippen LogP) is 1.12. The Balaban J connectivity index is 2.94. The lowest BCUT2D eigenvalue weighted by Crippen LogP contribution is -1.79. The molecule has 0 aliphatic rings. The van der Waals surface area contributed by atoms with E-state index < -0.39 is 0 Å². The van der Waals surface area contributed by atoms with E-state index in [1.807, 2.05) is 0 Å². The summed E-state index contributed by atoms with van der Waals surface area (Å²) < 4.78 is 4.66. The van der Waals surface area contributed by atoms with Crippen molar-refractivity contribution in [2.24, 2.45) is 0 Å². The lowest BCUT2D eigenvalue weighted by atomic mass is 10.2. The SMILES string of the molecule is Nc1onc2c(O)cccc12. The first kappa shape index (κ1) is 6.03. The minimum atomic E-state index is 0.0861. The Morgan fingerprint density at radius 3 is 3.00 bits per heavy atom. The van der Waals surface area contributed by atoms with Crippen molar-refractivity contribution in [3.05, 3.63) is 18.2 Å². The summed E-state index contributed by atoms with van der Waals surface area (Å²) in [6.07, 6.45) is 0. The zero-order valence-corrected chi connectivity index (χ0v) is 5.61. The molecule has 0 radical (unpaired) electrons. The van der Waals surface area contributed by atoms with Crippen molar-refractivity contribution in [1.29, 1.82) is 0 Å². The highest BCUT2D eigenvalue weighted by Gasteiger charge is 2.06. The highest BCUT2D eigenvalue weighted by atomic mass is 16.5. The molecule has 2 rings (SSSR count). The molecule has 0 amide bonds. The second-order valence-corrected chi connectivity index (χ2v) is 2.22. The lowest BCUT2D eigenvalue weighted by molar-refractivity contribution is 0.435. The molecule has 3 N–H and O–H groups in total. The molecule has 0 saturated heterocycles. The van der Waals surface area contributed by atoms with E-state index in [0.29, 0.717) is 10.9 Å². The van der Waals surface area contributed by atoms with E-state index in [4.69, 9.17) is 5.73 Å². The maximum absolute atomic E-state index is 9.21. The van der Waals surface area contributed by atoms with Gasteiger partial charge in [0, 0.05) is 0 Å². The molecule has 1 aromatic heterocycles. The van der Waals surface area contributed by atoms with Crippen LogP contribution in [0.1, 0.15) is 0 Å². The number of nitrogens with two attached hydrogens (primary N) is 1. The number of phenolic OH excluding ortho intramolecular Hbond substituents is 1. The molecule has 4 heteroatoms. The van der Waals surface area contributed by atoms with Crippen LogP contribution in [0.2, 0.25) is 0 Å². The minimum absolute atomic E-state index is 0.0861. The topological polar surface area (TPSA) is 72.3 Å². The fourth-order valence-corrected chi connectivity index (χ4v) is 0.970. The van der Waals surface area contributed by atoms with Gasteiger partial charge in [0.2, 0.25) is 5.88 Å². The first-order valence-electron chi connectivity index (χ1n) is 3.12. The molecular weight excluding hydrogens is 144 g/mol. The fourth-order valence-electron chi connectivity index (χ4n) is 0.970. The summed E-state index contributed by atoms with van der Waals surface area (Å²) in [7, 11) is 0. The van der Waals surface area contributed by atoms with Crippen LogP contribution in [0.15, 0.2) is 22.7 Å². The molecule has 2 aromatic rings. The summed E-state index contributed by atoms with van der Waals surface area (Å²) in [5.74, 6) is 0.318. The van der Waals surface area contributed by atoms with E-state index in [9.17, 15) is 5.11 Å². The van der Waals surface area contributed by atoms with Crippen molar-refractivity contribution in [3.63, 3.8) is 0 Å². The average molecular weight is 150 g/mol. The largest absolute Gasteiger partial charge is 0.506 e. The van der Waals surface area contributed by atoms with Gasteiger partial charge in [0.1, 0.15) is 5.75 Å². The van der Waals surface area contributed by atoms with E-state index in [2.05, 4.69) is 9.68 Å². The minimum Gasteiger partial charge on any atom is -0.506 e. The van der Waals surface area contributed by atoms with Crippen LogP contribution in [0, 0.1) is 0 Å². The Kier molecular flexibility index (Phi) is 1.03. The van der Waals surface area contributed by atoms with Crippen molar-refractivity contribution >= 4 is 16.8 Å². The number of aromatic nitrogens is 1. The van der Waals surface area contributed by atoms with Crippen LogP contribution < -0.4 is 5.73 Å². The lowest BCUT2D eigenvalue weighted by Gasteiger charge is -1.88. The third-order valence-corrected chi connectivity index (χ3v) is 1.52. The van der Waals surface area contributed by atoms with Gasteiger partial charge in [-0.05, 0) is 12.1 Å². The van der Waals surface area contributed by atoms with Crippen LogP contribution in [0.25, 0.3) is 10.9 Å². The van der Waals surface area contributed by atoms with Crippen LogP contribution >= 0.6 is 0 Å². The first-order chi connectivity index (χ1) is 5.29. The van der Waals surface area contributed by atoms with Gasteiger partial charge in [-0.15, -0.1) is 0 Å². The Morgan fingerprint density at radius 1 is 1.45 bits per heavy atom. The number of aromatic hydroxyl groups is 1. The van der Waals surface area contributed by atoms with Crippen molar-refractivity contribution in [3.8, 4) is 5.75 Å². The molecule has 0 bridgehead atoms. The van der Waals surface area contributed by atoms with Crippen molar-refractivity contribution in [1.82, 2.24) is 5.16 Å². The van der Waals surface area contributed by atoms with Gasteiger partial charge in [0.15, 0.2) is 5.52 Å². The van der Waals surface area contributed by atoms with Crippen LogP contribution in [0.3, 0.4) is 0 Å². The standard InChI is InChI=1S/C7H6N2O2/c8-7-4-2-1-3-5(10)6(4)9-11-7/h1-3,10H,8H2. The normalized spacial score (nSPS) is 10.5. The number of hydrogen-bond donors (Lipinski definition) is 2. The summed E-state index contributed by atoms with van der Waals surface area (Å²) in [4.78, 5) is 0. The number of hydrogen-bond acceptors (Lipinski definition) is 4. The molecule has 0 atom stereocenters. The number of rotatable bonds is 0. The van der Waals surface area contributed by atoms with Gasteiger partial charge in [-0.25, -0.2) is 0 Å². The van der Waals surface area contributed by atoms with Gasteiger partial charge in [-0.1, -0.05) is 11.2 Å². The first-order valence-corrected chi connectivity index (χ1v) is 3.12. The molecule has 11 heavy (non-hydrogen) atoms. The van der Waals surface area contributed by atoms with Gasteiger partial charge < -0.3 is 15.4 Å². The van der Waals surface area contributed by atoms with Gasteiger partial charge in [-0.3, -0.25) is 0 Å². The number of nitrogens with zero attached hydrogens (tertiary/aromatic N) is 1. The number of benzene rings is 1. The molecule has 0 aliphatic carbocycles. The average Bonchev–Trinajstić information content (AvgIpc) is 2.35. The molecule has 1 heterocycles. The molecular formula is C7H6N2O2. The van der Waals surface area contributed by atoms with Crippen LogP contribution in [-0.2, 0) is 0 Å². The smallest absolute Gasteiger partial charge is 0.230 e. The van der Waals surface area contributed by atoms with E-state index in [1.54, 1.807) is 12.1 Å². The summed E-state index contributed by atoms with van der Waals surface area (Å²) >= 11 is 0. The molecule has 0 aliphatic heterocycles. The predicted molar refractivity (Wildman–Crippen MR) is 40.1 cm³/mol. The summed E-state index contributed by atoms with van der Waals surface area (Å²) in [5.41, 5.74) is 5.81. The van der Waals surface area contributed by atoms with Crippen molar-refractivity contribution in [2.45, 2.75) is 0 Å². The quantitative estimate of drug-likeness (QED) is 0.590. The van der Waals surface area contributed by atoms with Gasteiger partial charge in [0.25, 0.3) is 0 Å². The summed E-state index contributed by atoms with van der Waals surface area (Å²) in [6, 6.07) is 4.95. The maximum atomic E-state index is 9.21. The zero-order chi connectivity index (χ0) is 7.84. The Bertz CT molecular complexity index is 394. The van der Waals surface area contributed by atoms with Crippen LogP contribution in [0.5, 0.6) is 5.75 Å². The summed E-state index contributed by atoms with van der Waals surface area (Å²) in [6.45, 7) is 0. The molecule has 1 aromatic carbocycles. The van der Waals surface area contributed by atoms with Crippen molar-refractivity contribution < 1.29 is 9.63 Å². The molecule has 56 valence electrons. The van der Waals surface area contributed by atoms with Crippen molar-refractivity contribution in [2.75, 3.05) is 5.73 Å². The third kappa shape index (κ3) is 0.724. The molecule has 0 saturated carbocycles. The Morgan fingerprint density at radius 2 is 2.27 bits per heavy atom. The van der Waals surface area contributed by atoms with Crippen LogP contribution in [0.4, 0.5) is 5.88 Å². The summed E-state index contributed by atoms with van der Waals surface area (Å²) in [5, 5.41) is 13.4. The van der Waals surface area contributed by atoms with Gasteiger partial charge in [-0.2, -0.15) is 0 Å². The molecule has 0 fully saturated rings.